The Labute approximate surface area is 202 Å². The third-order valence-corrected chi connectivity index (χ3v) is 6.02. The van der Waals surface area contributed by atoms with Gasteiger partial charge in [0.15, 0.2) is 0 Å². The first-order chi connectivity index (χ1) is 19.0. The molecule has 2 aromatic rings. The number of morpholine rings is 1. The molecular formula is C25H28N4O4. The fraction of sp³-hybridized carbons (Fsp3) is 0.400. The highest BCUT2D eigenvalue weighted by atomic mass is 16.5. The molecule has 8 nitrogen and oxygen atoms in total. The van der Waals surface area contributed by atoms with Gasteiger partial charge in [-0.1, -0.05) is 30.2 Å². The zero-order valence-corrected chi connectivity index (χ0v) is 18.0. The Morgan fingerprint density at radius 1 is 1.09 bits per heavy atom. The SMILES string of the molecule is [2H]c1c([2H])c(CNc2c([2H])c([2H])c([2H])c3c2CN(C2CCC(=O)NC2=O)C3=O)c([2H])c(CN2CCOCC2)c1[2H]. The maximum Gasteiger partial charge on any atom is 0.255 e. The Kier molecular flexibility index (Phi) is 4.19. The van der Waals surface area contributed by atoms with Gasteiger partial charge in [-0.25, -0.2) is 0 Å². The second-order valence-corrected chi connectivity index (χ2v) is 8.20. The Hall–Kier alpha value is -3.23. The van der Waals surface area contributed by atoms with Crippen molar-refractivity contribution >= 4 is 23.4 Å². The highest BCUT2D eigenvalue weighted by Crippen LogP contribution is 2.32. The van der Waals surface area contributed by atoms with E-state index in [9.17, 15) is 14.4 Å². The minimum Gasteiger partial charge on any atom is -0.381 e. The Morgan fingerprint density at radius 2 is 1.88 bits per heavy atom. The van der Waals surface area contributed by atoms with Crippen molar-refractivity contribution in [3.63, 3.8) is 0 Å². The van der Waals surface area contributed by atoms with Gasteiger partial charge >= 0.3 is 0 Å². The van der Waals surface area contributed by atoms with Gasteiger partial charge in [0.05, 0.1) is 22.8 Å². The van der Waals surface area contributed by atoms with Gasteiger partial charge in [-0.3, -0.25) is 24.6 Å². The van der Waals surface area contributed by atoms with Gasteiger partial charge < -0.3 is 15.0 Å². The summed E-state index contributed by atoms with van der Waals surface area (Å²) in [6, 6.07) is -3.11. The van der Waals surface area contributed by atoms with E-state index in [1.807, 2.05) is 4.90 Å². The summed E-state index contributed by atoms with van der Waals surface area (Å²) in [6.45, 7) is 2.20. The van der Waals surface area contributed by atoms with Gasteiger partial charge in [0, 0.05) is 56.0 Å². The summed E-state index contributed by atoms with van der Waals surface area (Å²) in [5, 5.41) is 5.19. The molecule has 0 aromatic heterocycles. The molecule has 2 N–H and O–H groups in total. The van der Waals surface area contributed by atoms with Crippen molar-refractivity contribution in [2.24, 2.45) is 0 Å². The lowest BCUT2D eigenvalue weighted by atomic mass is 10.0. The number of amides is 3. The largest absolute Gasteiger partial charge is 0.381 e. The number of carbonyl (C=O) groups excluding carboxylic acids is 3. The molecule has 0 aliphatic carbocycles. The minimum absolute atomic E-state index is 0.0511. The molecule has 33 heavy (non-hydrogen) atoms. The molecule has 1 atom stereocenters. The first kappa shape index (κ1) is 14.8. The lowest BCUT2D eigenvalue weighted by molar-refractivity contribution is -0.136. The number of rotatable bonds is 6. The Bertz CT molecular complexity index is 1430. The van der Waals surface area contributed by atoms with Crippen LogP contribution in [0.1, 0.15) is 49.5 Å². The average Bonchev–Trinajstić information content (AvgIpc) is 3.27. The van der Waals surface area contributed by atoms with Crippen LogP contribution in [-0.2, 0) is 34.0 Å². The fourth-order valence-electron chi connectivity index (χ4n) is 4.29. The molecule has 0 bridgehead atoms. The highest BCUT2D eigenvalue weighted by Gasteiger charge is 2.39. The van der Waals surface area contributed by atoms with E-state index in [2.05, 4.69) is 10.6 Å². The molecular weight excluding hydrogens is 420 g/mol. The second-order valence-electron chi connectivity index (χ2n) is 8.20. The molecule has 172 valence electrons. The first-order valence-electron chi connectivity index (χ1n) is 14.4. The summed E-state index contributed by atoms with van der Waals surface area (Å²) in [7, 11) is 0. The first-order valence-corrected chi connectivity index (χ1v) is 10.9. The van der Waals surface area contributed by atoms with Crippen molar-refractivity contribution in [1.82, 2.24) is 15.1 Å². The number of fused-ring (bicyclic) bond motifs is 1. The summed E-state index contributed by atoms with van der Waals surface area (Å²) in [5.41, 5.74) is 0.633. The minimum atomic E-state index is -0.939. The van der Waals surface area contributed by atoms with Crippen LogP contribution in [0.3, 0.4) is 0 Å². The van der Waals surface area contributed by atoms with Gasteiger partial charge in [-0.05, 0) is 29.6 Å². The van der Waals surface area contributed by atoms with Crippen LogP contribution in [0.15, 0.2) is 42.3 Å². The number of ether oxygens (including phenoxy) is 1. The lowest BCUT2D eigenvalue weighted by Gasteiger charge is -2.29. The zero-order chi connectivity index (χ0) is 28.9. The number of piperidine rings is 1. The smallest absolute Gasteiger partial charge is 0.255 e. The third kappa shape index (κ3) is 4.62. The number of nitrogens with zero attached hydrogens (tertiary/aromatic N) is 2. The monoisotopic (exact) mass is 455 g/mol. The molecule has 0 saturated carbocycles. The standard InChI is InChI=1S/C25H28N4O4/c30-23-8-7-22(24(31)27-23)29-16-20-19(25(29)32)5-2-6-21(20)26-14-17-3-1-4-18(13-17)15-28-9-11-33-12-10-28/h1-6,13,22,26H,7-12,14-16H2,(H,27,30,31)/i1D,2D,3D,4D,5D,6D,13D. The van der Waals surface area contributed by atoms with Gasteiger partial charge in [0.25, 0.3) is 5.91 Å². The quantitative estimate of drug-likeness (QED) is 0.647. The van der Waals surface area contributed by atoms with Crippen molar-refractivity contribution < 1.29 is 28.7 Å². The molecule has 3 amide bonds. The highest BCUT2D eigenvalue weighted by molar-refractivity contribution is 6.06. The third-order valence-electron chi connectivity index (χ3n) is 6.02. The van der Waals surface area contributed by atoms with E-state index in [-0.39, 0.29) is 85.1 Å². The summed E-state index contributed by atoms with van der Waals surface area (Å²) in [6.07, 6.45) is 0.166. The number of benzene rings is 2. The zero-order valence-electron chi connectivity index (χ0n) is 25.0. The van der Waals surface area contributed by atoms with Crippen molar-refractivity contribution in [2.45, 2.75) is 38.5 Å². The molecule has 2 aromatic carbocycles. The maximum atomic E-state index is 13.3. The summed E-state index contributed by atoms with van der Waals surface area (Å²) < 4.78 is 64.3. The van der Waals surface area contributed by atoms with Crippen LogP contribution >= 0.6 is 0 Å². The topological polar surface area (TPSA) is 91.0 Å². The van der Waals surface area contributed by atoms with Crippen LogP contribution in [0.25, 0.3) is 0 Å². The molecule has 3 aliphatic heterocycles. The molecule has 5 rings (SSSR count). The molecule has 0 radical (unpaired) electrons. The van der Waals surface area contributed by atoms with Crippen molar-refractivity contribution in [2.75, 3.05) is 31.6 Å². The number of carbonyl (C=O) groups is 3. The number of hydrogen-bond acceptors (Lipinski definition) is 6. The predicted molar refractivity (Wildman–Crippen MR) is 122 cm³/mol. The average molecular weight is 456 g/mol. The molecule has 3 heterocycles. The molecule has 3 aliphatic rings. The molecule has 0 spiro atoms. The summed E-state index contributed by atoms with van der Waals surface area (Å²) >= 11 is 0. The van der Waals surface area contributed by atoms with Crippen LogP contribution in [0.5, 0.6) is 0 Å². The molecule has 2 fully saturated rings. The van der Waals surface area contributed by atoms with Crippen LogP contribution in [-0.4, -0.2) is 59.9 Å². The van der Waals surface area contributed by atoms with Crippen LogP contribution < -0.4 is 10.6 Å². The van der Waals surface area contributed by atoms with Crippen LogP contribution in [0, 0.1) is 0 Å². The van der Waals surface area contributed by atoms with Crippen LogP contribution in [0.4, 0.5) is 5.69 Å². The lowest BCUT2D eigenvalue weighted by Crippen LogP contribution is -2.52. The van der Waals surface area contributed by atoms with E-state index in [1.165, 1.54) is 4.90 Å². The predicted octanol–water partition coefficient (Wildman–Crippen LogP) is 1.89. The van der Waals surface area contributed by atoms with E-state index in [1.54, 1.807) is 0 Å². The van der Waals surface area contributed by atoms with Gasteiger partial charge in [-0.15, -0.1) is 0 Å². The molecule has 1 unspecified atom stereocenters. The number of anilines is 1. The van der Waals surface area contributed by atoms with Crippen LogP contribution in [0.2, 0.25) is 0 Å². The van der Waals surface area contributed by atoms with Gasteiger partial charge in [0.1, 0.15) is 6.04 Å². The van der Waals surface area contributed by atoms with Crippen molar-refractivity contribution in [3.05, 3.63) is 64.6 Å². The summed E-state index contributed by atoms with van der Waals surface area (Å²) in [5.74, 6) is -1.71. The van der Waals surface area contributed by atoms with Crippen molar-refractivity contribution in [3.8, 4) is 0 Å². The fourth-order valence-corrected chi connectivity index (χ4v) is 4.29. The van der Waals surface area contributed by atoms with Gasteiger partial charge in [0.2, 0.25) is 11.8 Å². The van der Waals surface area contributed by atoms with Gasteiger partial charge in [-0.2, -0.15) is 0 Å². The van der Waals surface area contributed by atoms with Crippen molar-refractivity contribution in [1.29, 1.82) is 0 Å². The summed E-state index contributed by atoms with van der Waals surface area (Å²) in [4.78, 5) is 40.6. The van der Waals surface area contributed by atoms with E-state index < -0.39 is 35.8 Å². The number of imide groups is 1. The van der Waals surface area contributed by atoms with E-state index >= 15 is 0 Å². The molecule has 8 heteroatoms. The maximum absolute atomic E-state index is 13.3. The second kappa shape index (κ2) is 9.33. The van der Waals surface area contributed by atoms with E-state index in [4.69, 9.17) is 14.3 Å². The van der Waals surface area contributed by atoms with E-state index in [0.29, 0.717) is 31.9 Å². The number of nitrogens with one attached hydrogen (secondary N) is 2. The Morgan fingerprint density at radius 3 is 2.70 bits per heavy atom. The molecule has 2 saturated heterocycles. The van der Waals surface area contributed by atoms with E-state index in [0.717, 1.165) is 0 Å². The normalized spacial score (nSPS) is 24.1. The Balaban J connectivity index is 1.47. The number of hydrogen-bond donors (Lipinski definition) is 2.